The highest BCUT2D eigenvalue weighted by atomic mass is 19.4. The van der Waals surface area contributed by atoms with Crippen LogP contribution in [-0.2, 0) is 17.5 Å². The maximum Gasteiger partial charge on any atom is 0.416 e. The van der Waals surface area contributed by atoms with Gasteiger partial charge in [0.15, 0.2) is 0 Å². The third-order valence-corrected chi connectivity index (χ3v) is 3.21. The Kier molecular flexibility index (Phi) is 4.65. The molecule has 0 radical (unpaired) electrons. The van der Waals surface area contributed by atoms with Gasteiger partial charge in [0, 0.05) is 13.1 Å². The van der Waals surface area contributed by atoms with Gasteiger partial charge in [0.2, 0.25) is 5.91 Å². The highest BCUT2D eigenvalue weighted by Gasteiger charge is 2.32. The van der Waals surface area contributed by atoms with E-state index in [1.165, 1.54) is 12.1 Å². The Balaban J connectivity index is 1.79. The summed E-state index contributed by atoms with van der Waals surface area (Å²) in [6.45, 7) is 0.713. The van der Waals surface area contributed by atoms with Gasteiger partial charge in [0.05, 0.1) is 12.1 Å². The van der Waals surface area contributed by atoms with E-state index in [9.17, 15) is 18.0 Å². The van der Waals surface area contributed by atoms with E-state index in [1.54, 1.807) is 6.07 Å². The van der Waals surface area contributed by atoms with Crippen molar-refractivity contribution in [2.24, 2.45) is 5.92 Å². The van der Waals surface area contributed by atoms with Gasteiger partial charge in [-0.25, -0.2) is 0 Å². The van der Waals surface area contributed by atoms with E-state index in [-0.39, 0.29) is 24.6 Å². The Morgan fingerprint density at radius 3 is 2.60 bits per heavy atom. The van der Waals surface area contributed by atoms with Crippen LogP contribution in [0, 0.1) is 5.92 Å². The summed E-state index contributed by atoms with van der Waals surface area (Å²) in [6, 6.07) is 5.37. The average molecular weight is 286 g/mol. The fourth-order valence-corrected chi connectivity index (χ4v) is 1.90. The lowest BCUT2D eigenvalue weighted by Gasteiger charge is -2.13. The van der Waals surface area contributed by atoms with Gasteiger partial charge in [-0.15, -0.1) is 0 Å². The molecule has 0 spiro atoms. The van der Waals surface area contributed by atoms with Crippen molar-refractivity contribution in [1.29, 1.82) is 0 Å². The maximum atomic E-state index is 12.7. The molecule has 0 atom stereocenters. The van der Waals surface area contributed by atoms with Gasteiger partial charge in [0.25, 0.3) is 0 Å². The molecule has 3 nitrogen and oxygen atoms in total. The van der Waals surface area contributed by atoms with Crippen LogP contribution in [0.15, 0.2) is 24.3 Å². The topological polar surface area (TPSA) is 41.1 Å². The average Bonchev–Trinajstić information content (AvgIpc) is 3.20. The van der Waals surface area contributed by atoms with E-state index >= 15 is 0 Å². The van der Waals surface area contributed by atoms with Crippen molar-refractivity contribution in [3.8, 4) is 0 Å². The van der Waals surface area contributed by atoms with Crippen LogP contribution in [0.1, 0.15) is 24.0 Å². The van der Waals surface area contributed by atoms with E-state index in [2.05, 4.69) is 10.6 Å². The summed E-state index contributed by atoms with van der Waals surface area (Å²) >= 11 is 0. The second kappa shape index (κ2) is 6.26. The van der Waals surface area contributed by atoms with Crippen molar-refractivity contribution in [3.63, 3.8) is 0 Å². The molecule has 1 fully saturated rings. The highest BCUT2D eigenvalue weighted by molar-refractivity contribution is 5.78. The third kappa shape index (κ3) is 4.52. The van der Waals surface area contributed by atoms with Crippen molar-refractivity contribution in [3.05, 3.63) is 35.4 Å². The number of hydrogen-bond acceptors (Lipinski definition) is 2. The zero-order chi connectivity index (χ0) is 14.6. The first kappa shape index (κ1) is 14.8. The van der Waals surface area contributed by atoms with Crippen LogP contribution >= 0.6 is 0 Å². The van der Waals surface area contributed by atoms with Crippen LogP contribution < -0.4 is 10.6 Å². The Morgan fingerprint density at radius 1 is 1.25 bits per heavy atom. The molecule has 1 aliphatic rings. The second-order valence-electron chi connectivity index (χ2n) is 5.01. The fraction of sp³-hybridized carbons (Fsp3) is 0.500. The molecule has 0 unspecified atom stereocenters. The molecule has 1 amide bonds. The number of rotatable bonds is 6. The first-order valence-corrected chi connectivity index (χ1v) is 6.59. The number of hydrogen-bond donors (Lipinski definition) is 2. The molecular weight excluding hydrogens is 269 g/mol. The molecule has 6 heteroatoms. The highest BCUT2D eigenvalue weighted by Crippen LogP contribution is 2.31. The summed E-state index contributed by atoms with van der Waals surface area (Å²) in [5.74, 6) is 0.409. The van der Waals surface area contributed by atoms with Gasteiger partial charge in [-0.05, 0) is 30.4 Å². The quantitative estimate of drug-likeness (QED) is 0.842. The van der Waals surface area contributed by atoms with Gasteiger partial charge in [0.1, 0.15) is 0 Å². The molecule has 110 valence electrons. The van der Waals surface area contributed by atoms with Crippen molar-refractivity contribution >= 4 is 5.91 Å². The smallest absolute Gasteiger partial charge is 0.355 e. The van der Waals surface area contributed by atoms with Gasteiger partial charge < -0.3 is 10.6 Å². The second-order valence-corrected chi connectivity index (χ2v) is 5.01. The van der Waals surface area contributed by atoms with E-state index < -0.39 is 11.7 Å². The zero-order valence-electron chi connectivity index (χ0n) is 11.0. The fourth-order valence-electron chi connectivity index (χ4n) is 1.90. The van der Waals surface area contributed by atoms with Crippen LogP contribution in [0.3, 0.4) is 0 Å². The predicted molar refractivity (Wildman–Crippen MR) is 68.9 cm³/mol. The van der Waals surface area contributed by atoms with Gasteiger partial charge in [-0.2, -0.15) is 13.2 Å². The Labute approximate surface area is 115 Å². The molecule has 2 rings (SSSR count). The molecule has 1 aliphatic carbocycles. The predicted octanol–water partition coefficient (Wildman–Crippen LogP) is 2.32. The lowest BCUT2D eigenvalue weighted by molar-refractivity contribution is -0.138. The molecule has 0 saturated heterocycles. The lowest BCUT2D eigenvalue weighted by atomic mass is 10.1. The van der Waals surface area contributed by atoms with Crippen molar-refractivity contribution in [2.45, 2.75) is 25.6 Å². The Hall–Kier alpha value is -1.56. The lowest BCUT2D eigenvalue weighted by Crippen LogP contribution is -2.35. The summed E-state index contributed by atoms with van der Waals surface area (Å²) < 4.78 is 38.2. The number of carbonyl (C=O) groups is 1. The monoisotopic (exact) mass is 286 g/mol. The summed E-state index contributed by atoms with van der Waals surface area (Å²) in [7, 11) is 0. The molecule has 0 heterocycles. The van der Waals surface area contributed by atoms with E-state index in [0.717, 1.165) is 18.9 Å². The Bertz CT molecular complexity index is 470. The molecule has 1 aromatic rings. The third-order valence-electron chi connectivity index (χ3n) is 3.21. The summed E-state index contributed by atoms with van der Waals surface area (Å²) in [5, 5.41) is 5.50. The van der Waals surface area contributed by atoms with Gasteiger partial charge in [-0.3, -0.25) is 4.79 Å². The van der Waals surface area contributed by atoms with E-state index in [0.29, 0.717) is 12.5 Å². The number of carbonyl (C=O) groups excluding carboxylic acids is 1. The largest absolute Gasteiger partial charge is 0.416 e. The first-order chi connectivity index (χ1) is 9.47. The Morgan fingerprint density at radius 2 is 1.95 bits per heavy atom. The van der Waals surface area contributed by atoms with Crippen LogP contribution in [0.2, 0.25) is 0 Å². The molecular formula is C14H17F3N2O. The van der Waals surface area contributed by atoms with Crippen LogP contribution in [0.5, 0.6) is 0 Å². The van der Waals surface area contributed by atoms with Crippen LogP contribution in [0.4, 0.5) is 13.2 Å². The molecule has 20 heavy (non-hydrogen) atoms. The zero-order valence-corrected chi connectivity index (χ0v) is 11.0. The van der Waals surface area contributed by atoms with Crippen molar-refractivity contribution < 1.29 is 18.0 Å². The molecule has 2 N–H and O–H groups in total. The standard InChI is InChI=1S/C14H17F3N2O/c15-14(16,17)12-4-2-1-3-11(12)8-18-9-13(20)19-7-10-5-6-10/h1-4,10,18H,5-9H2,(H,19,20). The summed E-state index contributed by atoms with van der Waals surface area (Å²) in [5.41, 5.74) is -0.513. The summed E-state index contributed by atoms with van der Waals surface area (Å²) in [4.78, 5) is 11.5. The van der Waals surface area contributed by atoms with Gasteiger partial charge >= 0.3 is 6.18 Å². The molecule has 1 aromatic carbocycles. The molecule has 0 aromatic heterocycles. The van der Waals surface area contributed by atoms with E-state index in [4.69, 9.17) is 0 Å². The normalized spacial score (nSPS) is 15.2. The minimum Gasteiger partial charge on any atom is -0.355 e. The molecule has 0 aliphatic heterocycles. The minimum absolute atomic E-state index is 0.0204. The number of alkyl halides is 3. The summed E-state index contributed by atoms with van der Waals surface area (Å²) in [6.07, 6.45) is -2.08. The van der Waals surface area contributed by atoms with Crippen molar-refractivity contribution in [2.75, 3.05) is 13.1 Å². The van der Waals surface area contributed by atoms with Crippen LogP contribution in [0.25, 0.3) is 0 Å². The van der Waals surface area contributed by atoms with Crippen LogP contribution in [-0.4, -0.2) is 19.0 Å². The molecule has 0 bridgehead atoms. The maximum absolute atomic E-state index is 12.7. The number of nitrogens with one attached hydrogen (secondary N) is 2. The van der Waals surface area contributed by atoms with Gasteiger partial charge in [-0.1, -0.05) is 18.2 Å². The SMILES string of the molecule is O=C(CNCc1ccccc1C(F)(F)F)NCC1CC1. The first-order valence-electron chi connectivity index (χ1n) is 6.59. The van der Waals surface area contributed by atoms with E-state index in [1.807, 2.05) is 0 Å². The number of benzene rings is 1. The number of halogens is 3. The molecule has 1 saturated carbocycles. The minimum atomic E-state index is -4.37. The van der Waals surface area contributed by atoms with Crippen molar-refractivity contribution in [1.82, 2.24) is 10.6 Å². The number of amides is 1.